The van der Waals surface area contributed by atoms with Crippen molar-refractivity contribution < 1.29 is 9.84 Å². The van der Waals surface area contributed by atoms with Crippen LogP contribution in [0.2, 0.25) is 10.0 Å². The van der Waals surface area contributed by atoms with Crippen molar-refractivity contribution >= 4 is 23.2 Å². The highest BCUT2D eigenvalue weighted by molar-refractivity contribution is 6.35. The molecule has 4 heteroatoms. The van der Waals surface area contributed by atoms with Gasteiger partial charge in [-0.25, -0.2) is 0 Å². The van der Waals surface area contributed by atoms with E-state index in [1.165, 1.54) is 0 Å². The minimum atomic E-state index is -0.532. The number of rotatable bonds is 3. The molecule has 0 aromatic heterocycles. The van der Waals surface area contributed by atoms with Crippen molar-refractivity contribution in [1.82, 2.24) is 0 Å². The van der Waals surface area contributed by atoms with Crippen molar-refractivity contribution in [3.8, 4) is 5.75 Å². The first kappa shape index (κ1) is 14.7. The Hall–Kier alpha value is -1.22. The zero-order chi connectivity index (χ0) is 14.8. The number of hydrogen-bond donors (Lipinski definition) is 1. The van der Waals surface area contributed by atoms with Crippen LogP contribution in [-0.4, -0.2) is 17.8 Å². The van der Waals surface area contributed by atoms with Crippen molar-refractivity contribution in [1.29, 1.82) is 0 Å². The lowest BCUT2D eigenvalue weighted by atomic mass is 9.89. The lowest BCUT2D eigenvalue weighted by Crippen LogP contribution is -2.33. The van der Waals surface area contributed by atoms with Gasteiger partial charge in [-0.1, -0.05) is 47.5 Å². The Labute approximate surface area is 134 Å². The molecule has 0 aliphatic carbocycles. The molecule has 0 radical (unpaired) electrons. The van der Waals surface area contributed by atoms with Crippen LogP contribution in [0, 0.1) is 5.92 Å². The monoisotopic (exact) mass is 322 g/mol. The van der Waals surface area contributed by atoms with Crippen LogP contribution < -0.4 is 4.74 Å². The van der Waals surface area contributed by atoms with E-state index in [0.29, 0.717) is 23.1 Å². The molecule has 2 atom stereocenters. The molecule has 2 aromatic rings. The normalized spacial score (nSPS) is 18.7. The second-order valence-electron chi connectivity index (χ2n) is 5.35. The van der Waals surface area contributed by atoms with Gasteiger partial charge < -0.3 is 9.84 Å². The average Bonchev–Trinajstić information content (AvgIpc) is 2.50. The number of hydrogen-bond acceptors (Lipinski definition) is 2. The molecular weight excluding hydrogens is 307 g/mol. The second-order valence-corrected chi connectivity index (χ2v) is 6.17. The Morgan fingerprint density at radius 2 is 1.81 bits per heavy atom. The van der Waals surface area contributed by atoms with Gasteiger partial charge in [-0.05, 0) is 35.7 Å². The van der Waals surface area contributed by atoms with Gasteiger partial charge in [-0.2, -0.15) is 0 Å². The SMILES string of the molecule is OC(Cc1c(Cl)cccc1Cl)C1COc2ccccc2C1. The molecule has 0 saturated heterocycles. The number of aliphatic hydroxyl groups excluding tert-OH is 1. The molecule has 1 N–H and O–H groups in total. The van der Waals surface area contributed by atoms with Gasteiger partial charge in [0.25, 0.3) is 0 Å². The van der Waals surface area contributed by atoms with Crippen molar-refractivity contribution in [2.45, 2.75) is 18.9 Å². The Bertz CT molecular complexity index is 622. The van der Waals surface area contributed by atoms with Gasteiger partial charge in [0, 0.05) is 22.4 Å². The lowest BCUT2D eigenvalue weighted by molar-refractivity contribution is 0.0653. The summed E-state index contributed by atoms with van der Waals surface area (Å²) in [6, 6.07) is 13.3. The predicted molar refractivity (Wildman–Crippen MR) is 85.3 cm³/mol. The molecule has 0 spiro atoms. The van der Waals surface area contributed by atoms with Gasteiger partial charge >= 0.3 is 0 Å². The third-order valence-electron chi connectivity index (χ3n) is 3.93. The standard InChI is InChI=1S/C17H16Cl2O2/c18-14-5-3-6-15(19)13(14)9-16(20)12-8-11-4-1-2-7-17(11)21-10-12/h1-7,12,16,20H,8-10H2. The number of aliphatic hydroxyl groups is 1. The molecule has 2 aromatic carbocycles. The predicted octanol–water partition coefficient (Wildman–Crippen LogP) is 4.15. The van der Waals surface area contributed by atoms with E-state index in [2.05, 4.69) is 0 Å². The first-order valence-corrected chi connectivity index (χ1v) is 7.72. The summed E-state index contributed by atoms with van der Waals surface area (Å²) < 4.78 is 5.73. The fourth-order valence-corrected chi connectivity index (χ4v) is 3.25. The van der Waals surface area contributed by atoms with Crippen LogP contribution in [0.5, 0.6) is 5.75 Å². The highest BCUT2D eigenvalue weighted by Gasteiger charge is 2.27. The Balaban J connectivity index is 1.74. The Kier molecular flexibility index (Phi) is 4.39. The smallest absolute Gasteiger partial charge is 0.122 e. The first-order valence-electron chi connectivity index (χ1n) is 6.97. The highest BCUT2D eigenvalue weighted by atomic mass is 35.5. The summed E-state index contributed by atoms with van der Waals surface area (Å²) in [4.78, 5) is 0. The van der Waals surface area contributed by atoms with Crippen LogP contribution in [0.4, 0.5) is 0 Å². The zero-order valence-electron chi connectivity index (χ0n) is 11.4. The molecule has 21 heavy (non-hydrogen) atoms. The van der Waals surface area contributed by atoms with Gasteiger partial charge in [0.05, 0.1) is 12.7 Å². The summed E-state index contributed by atoms with van der Waals surface area (Å²) in [5.41, 5.74) is 1.94. The molecule has 3 rings (SSSR count). The molecular formula is C17H16Cl2O2. The molecule has 1 heterocycles. The minimum absolute atomic E-state index is 0.0484. The van der Waals surface area contributed by atoms with Crippen molar-refractivity contribution in [3.05, 3.63) is 63.6 Å². The van der Waals surface area contributed by atoms with Crippen LogP contribution >= 0.6 is 23.2 Å². The van der Waals surface area contributed by atoms with E-state index in [-0.39, 0.29) is 5.92 Å². The van der Waals surface area contributed by atoms with E-state index in [9.17, 15) is 5.11 Å². The summed E-state index contributed by atoms with van der Waals surface area (Å²) >= 11 is 12.3. The maximum absolute atomic E-state index is 10.5. The maximum Gasteiger partial charge on any atom is 0.122 e. The maximum atomic E-state index is 10.5. The summed E-state index contributed by atoms with van der Waals surface area (Å²) in [6.07, 6.45) is 0.712. The average molecular weight is 323 g/mol. The molecule has 2 unspecified atom stereocenters. The number of halogens is 2. The van der Waals surface area contributed by atoms with E-state index < -0.39 is 6.10 Å². The number of para-hydroxylation sites is 1. The summed E-state index contributed by atoms with van der Waals surface area (Å²) in [6.45, 7) is 0.514. The van der Waals surface area contributed by atoms with E-state index in [1.54, 1.807) is 18.2 Å². The van der Waals surface area contributed by atoms with Gasteiger partial charge in [0.1, 0.15) is 5.75 Å². The summed E-state index contributed by atoms with van der Waals surface area (Å²) in [5, 5.41) is 11.7. The van der Waals surface area contributed by atoms with Gasteiger partial charge in [-0.15, -0.1) is 0 Å². The van der Waals surface area contributed by atoms with Gasteiger partial charge in [-0.3, -0.25) is 0 Å². The fraction of sp³-hybridized carbons (Fsp3) is 0.294. The summed E-state index contributed by atoms with van der Waals surface area (Å²) in [7, 11) is 0. The van der Waals surface area contributed by atoms with Crippen LogP contribution in [0.25, 0.3) is 0 Å². The molecule has 0 bridgehead atoms. The number of benzene rings is 2. The topological polar surface area (TPSA) is 29.5 Å². The van der Waals surface area contributed by atoms with E-state index in [0.717, 1.165) is 23.3 Å². The van der Waals surface area contributed by atoms with Crippen LogP contribution in [0.15, 0.2) is 42.5 Å². The van der Waals surface area contributed by atoms with Crippen LogP contribution in [-0.2, 0) is 12.8 Å². The first-order chi connectivity index (χ1) is 10.1. The van der Waals surface area contributed by atoms with Crippen molar-refractivity contribution in [3.63, 3.8) is 0 Å². The van der Waals surface area contributed by atoms with Crippen molar-refractivity contribution in [2.24, 2.45) is 5.92 Å². The highest BCUT2D eigenvalue weighted by Crippen LogP contribution is 2.31. The number of fused-ring (bicyclic) bond motifs is 1. The third kappa shape index (κ3) is 3.18. The Morgan fingerprint density at radius 1 is 1.10 bits per heavy atom. The molecule has 0 amide bonds. The molecule has 0 fully saturated rings. The van der Waals surface area contributed by atoms with Crippen LogP contribution in [0.1, 0.15) is 11.1 Å². The van der Waals surface area contributed by atoms with Crippen molar-refractivity contribution in [2.75, 3.05) is 6.61 Å². The molecule has 110 valence electrons. The van der Waals surface area contributed by atoms with E-state index in [1.807, 2.05) is 24.3 Å². The Morgan fingerprint density at radius 3 is 2.57 bits per heavy atom. The minimum Gasteiger partial charge on any atom is -0.493 e. The molecule has 0 saturated carbocycles. The quantitative estimate of drug-likeness (QED) is 0.919. The van der Waals surface area contributed by atoms with E-state index in [4.69, 9.17) is 27.9 Å². The summed E-state index contributed by atoms with van der Waals surface area (Å²) in [5.74, 6) is 0.962. The van der Waals surface area contributed by atoms with Gasteiger partial charge in [0.15, 0.2) is 0 Å². The van der Waals surface area contributed by atoms with Gasteiger partial charge in [0.2, 0.25) is 0 Å². The molecule has 1 aliphatic rings. The second kappa shape index (κ2) is 6.27. The van der Waals surface area contributed by atoms with Crippen LogP contribution in [0.3, 0.4) is 0 Å². The third-order valence-corrected chi connectivity index (χ3v) is 4.63. The van der Waals surface area contributed by atoms with E-state index >= 15 is 0 Å². The lowest BCUT2D eigenvalue weighted by Gasteiger charge is -2.29. The molecule has 2 nitrogen and oxygen atoms in total. The largest absolute Gasteiger partial charge is 0.493 e. The molecule has 1 aliphatic heterocycles. The number of ether oxygens (including phenoxy) is 1. The fourth-order valence-electron chi connectivity index (χ4n) is 2.70. The zero-order valence-corrected chi connectivity index (χ0v) is 12.9.